The summed E-state index contributed by atoms with van der Waals surface area (Å²) >= 11 is 0. The van der Waals surface area contributed by atoms with Crippen LogP contribution in [0, 0.1) is 0 Å². The van der Waals surface area contributed by atoms with Crippen LogP contribution >= 0.6 is 0 Å². The van der Waals surface area contributed by atoms with E-state index in [0.717, 1.165) is 5.56 Å². The quantitative estimate of drug-likeness (QED) is 0.463. The van der Waals surface area contributed by atoms with Gasteiger partial charge in [0.2, 0.25) is 0 Å². The van der Waals surface area contributed by atoms with Crippen LogP contribution in [0.5, 0.6) is 0 Å². The van der Waals surface area contributed by atoms with Gasteiger partial charge in [-0.25, -0.2) is 9.98 Å². The normalized spacial score (nSPS) is 13.4. The number of amidine groups is 1. The molecule has 3 N–H and O–H groups in total. The molecule has 24 heavy (non-hydrogen) atoms. The zero-order valence-corrected chi connectivity index (χ0v) is 13.6. The third kappa shape index (κ3) is 5.41. The minimum absolute atomic E-state index is 0.0764. The molecule has 0 bridgehead atoms. The van der Waals surface area contributed by atoms with E-state index < -0.39 is 5.91 Å². The van der Waals surface area contributed by atoms with Gasteiger partial charge in [0.05, 0.1) is 0 Å². The summed E-state index contributed by atoms with van der Waals surface area (Å²) in [5.74, 6) is -0.398. The molecule has 0 aliphatic rings. The van der Waals surface area contributed by atoms with Crippen molar-refractivity contribution in [2.45, 2.75) is 6.92 Å². The first-order chi connectivity index (χ1) is 11.5. The molecule has 1 heterocycles. The van der Waals surface area contributed by atoms with Crippen molar-refractivity contribution in [3.8, 4) is 0 Å². The lowest BCUT2D eigenvalue weighted by atomic mass is 10.2. The number of nitrogens with one attached hydrogen (secondary N) is 1. The number of amides is 1. The number of carbonyl (C=O) groups excluding carboxylic acids is 1. The fourth-order valence-electron chi connectivity index (χ4n) is 1.58. The van der Waals surface area contributed by atoms with E-state index in [0.29, 0.717) is 5.71 Å². The van der Waals surface area contributed by atoms with E-state index in [1.165, 1.54) is 19.3 Å². The fourth-order valence-corrected chi connectivity index (χ4v) is 1.58. The standard InChI is InChI=1S/C16H19N7O/c1-11(12-6-5-8-21-10-12)22-14(15(17)20-4)16(24)23-13(19-3)7-9-18-2/h5-10H,2,4,17H2,1,3H3,(H,19,23,24)/b9-7-,15-14-,22-11?. The average Bonchev–Trinajstić information content (AvgIpc) is 2.62. The Hall–Kier alpha value is -3.42. The second kappa shape index (κ2) is 9.57. The minimum atomic E-state index is -0.572. The van der Waals surface area contributed by atoms with Crippen LogP contribution in [0.1, 0.15) is 12.5 Å². The molecule has 8 heteroatoms. The molecule has 0 fully saturated rings. The van der Waals surface area contributed by atoms with Crippen molar-refractivity contribution in [2.24, 2.45) is 25.7 Å². The summed E-state index contributed by atoms with van der Waals surface area (Å²) in [7, 11) is 1.52. The zero-order chi connectivity index (χ0) is 17.9. The predicted molar refractivity (Wildman–Crippen MR) is 97.4 cm³/mol. The summed E-state index contributed by atoms with van der Waals surface area (Å²) in [6.45, 7) is 8.37. The Bertz CT molecular complexity index is 730. The van der Waals surface area contributed by atoms with E-state index >= 15 is 0 Å². The molecule has 0 unspecified atom stereocenters. The van der Waals surface area contributed by atoms with Crippen molar-refractivity contribution < 1.29 is 4.79 Å². The predicted octanol–water partition coefficient (Wildman–Crippen LogP) is 1.08. The number of nitrogens with two attached hydrogens (primary N) is 1. The van der Waals surface area contributed by atoms with Crippen LogP contribution in [0.3, 0.4) is 0 Å². The van der Waals surface area contributed by atoms with Crippen molar-refractivity contribution in [3.05, 3.63) is 53.9 Å². The summed E-state index contributed by atoms with van der Waals surface area (Å²) < 4.78 is 0. The van der Waals surface area contributed by atoms with E-state index in [1.54, 1.807) is 25.4 Å². The number of aliphatic imine (C=N–C) groups is 4. The Morgan fingerprint density at radius 1 is 1.42 bits per heavy atom. The van der Waals surface area contributed by atoms with Gasteiger partial charge < -0.3 is 11.1 Å². The molecule has 1 amide bonds. The second-order valence-corrected chi connectivity index (χ2v) is 4.39. The SMILES string of the molecule is C=N/C=C\C(=NC)NC(=O)/C(N=C(C)c1cccnc1)=C(\N)N=C. The van der Waals surface area contributed by atoms with Crippen LogP contribution in [0.2, 0.25) is 0 Å². The summed E-state index contributed by atoms with van der Waals surface area (Å²) in [6.07, 6.45) is 6.15. The van der Waals surface area contributed by atoms with Crippen molar-refractivity contribution in [1.29, 1.82) is 0 Å². The molecular formula is C16H19N7O. The van der Waals surface area contributed by atoms with Gasteiger partial charge in [0.1, 0.15) is 5.84 Å². The van der Waals surface area contributed by atoms with Crippen LogP contribution < -0.4 is 11.1 Å². The number of carbonyl (C=O) groups is 1. The van der Waals surface area contributed by atoms with Gasteiger partial charge in [0.15, 0.2) is 11.5 Å². The highest BCUT2D eigenvalue weighted by molar-refractivity contribution is 6.11. The molecule has 0 spiro atoms. The van der Waals surface area contributed by atoms with Gasteiger partial charge in [0, 0.05) is 36.9 Å². The maximum atomic E-state index is 12.4. The third-order valence-corrected chi connectivity index (χ3v) is 2.81. The zero-order valence-electron chi connectivity index (χ0n) is 13.6. The molecule has 0 aliphatic carbocycles. The van der Waals surface area contributed by atoms with Crippen molar-refractivity contribution >= 4 is 30.9 Å². The van der Waals surface area contributed by atoms with E-state index in [4.69, 9.17) is 5.73 Å². The van der Waals surface area contributed by atoms with Gasteiger partial charge in [-0.15, -0.1) is 0 Å². The van der Waals surface area contributed by atoms with Crippen LogP contribution in [0.15, 0.2) is 68.3 Å². The Kier molecular flexibility index (Phi) is 7.43. The first-order valence-corrected chi connectivity index (χ1v) is 6.86. The van der Waals surface area contributed by atoms with E-state index in [1.807, 2.05) is 6.07 Å². The van der Waals surface area contributed by atoms with E-state index in [-0.39, 0.29) is 17.4 Å². The smallest absolute Gasteiger partial charge is 0.279 e. The molecule has 0 aromatic carbocycles. The maximum absolute atomic E-state index is 12.4. The highest BCUT2D eigenvalue weighted by atomic mass is 16.2. The van der Waals surface area contributed by atoms with Crippen LogP contribution in [0.25, 0.3) is 0 Å². The van der Waals surface area contributed by atoms with E-state index in [2.05, 4.69) is 43.7 Å². The number of nitrogens with zero attached hydrogens (tertiary/aromatic N) is 5. The largest absolute Gasteiger partial charge is 0.382 e. The Balaban J connectivity index is 3.15. The lowest BCUT2D eigenvalue weighted by Crippen LogP contribution is -2.31. The molecule has 0 saturated heterocycles. The molecule has 1 aromatic heterocycles. The lowest BCUT2D eigenvalue weighted by Gasteiger charge is -2.08. The van der Waals surface area contributed by atoms with Crippen LogP contribution in [-0.2, 0) is 4.79 Å². The number of pyridine rings is 1. The molecule has 8 nitrogen and oxygen atoms in total. The number of hydrogen-bond acceptors (Lipinski definition) is 7. The highest BCUT2D eigenvalue weighted by Crippen LogP contribution is 2.08. The van der Waals surface area contributed by atoms with Gasteiger partial charge >= 0.3 is 0 Å². The first kappa shape index (κ1) is 18.6. The summed E-state index contributed by atoms with van der Waals surface area (Å²) in [4.78, 5) is 31.7. The van der Waals surface area contributed by atoms with Crippen LogP contribution in [-0.4, -0.2) is 42.9 Å². The van der Waals surface area contributed by atoms with Crippen molar-refractivity contribution in [1.82, 2.24) is 10.3 Å². The van der Waals surface area contributed by atoms with Gasteiger partial charge in [0.25, 0.3) is 5.91 Å². The summed E-state index contributed by atoms with van der Waals surface area (Å²) in [5, 5.41) is 2.56. The fraction of sp³-hybridized carbons (Fsp3) is 0.125. The third-order valence-electron chi connectivity index (χ3n) is 2.81. The molecule has 124 valence electrons. The van der Waals surface area contributed by atoms with Crippen LogP contribution in [0.4, 0.5) is 0 Å². The van der Waals surface area contributed by atoms with E-state index in [9.17, 15) is 4.79 Å². The second-order valence-electron chi connectivity index (χ2n) is 4.39. The topological polar surface area (TPSA) is 117 Å². The highest BCUT2D eigenvalue weighted by Gasteiger charge is 2.15. The molecule has 0 radical (unpaired) electrons. The summed E-state index contributed by atoms with van der Waals surface area (Å²) in [5.41, 5.74) is 6.97. The van der Waals surface area contributed by atoms with Gasteiger partial charge in [-0.1, -0.05) is 6.07 Å². The molecule has 1 rings (SSSR count). The van der Waals surface area contributed by atoms with Gasteiger partial charge in [-0.3, -0.25) is 19.8 Å². The first-order valence-electron chi connectivity index (χ1n) is 6.86. The van der Waals surface area contributed by atoms with Gasteiger partial charge in [-0.2, -0.15) is 0 Å². The number of hydrogen-bond donors (Lipinski definition) is 2. The number of aromatic nitrogens is 1. The Morgan fingerprint density at radius 3 is 2.71 bits per heavy atom. The molecular weight excluding hydrogens is 306 g/mol. The van der Waals surface area contributed by atoms with Crippen molar-refractivity contribution in [3.63, 3.8) is 0 Å². The Morgan fingerprint density at radius 2 is 2.17 bits per heavy atom. The van der Waals surface area contributed by atoms with Crippen molar-refractivity contribution in [2.75, 3.05) is 7.05 Å². The lowest BCUT2D eigenvalue weighted by molar-refractivity contribution is -0.116. The minimum Gasteiger partial charge on any atom is -0.382 e. The molecule has 0 aliphatic heterocycles. The average molecular weight is 325 g/mol. The Labute approximate surface area is 140 Å². The molecule has 0 saturated carbocycles. The molecule has 1 aromatic rings. The molecule has 0 atom stereocenters. The summed E-state index contributed by atoms with van der Waals surface area (Å²) in [6, 6.07) is 3.58. The monoisotopic (exact) mass is 325 g/mol. The van der Waals surface area contributed by atoms with Gasteiger partial charge in [-0.05, 0) is 32.5 Å². The maximum Gasteiger partial charge on any atom is 0.279 e. The number of rotatable bonds is 6.